The minimum atomic E-state index is -0.282. The number of aromatic amines is 1. The Morgan fingerprint density at radius 3 is 2.68 bits per heavy atom. The van der Waals surface area contributed by atoms with E-state index >= 15 is 0 Å². The lowest BCUT2D eigenvalue weighted by Gasteiger charge is -2.21. The number of rotatable bonds is 5. The highest BCUT2D eigenvalue weighted by atomic mass is 16.2. The second-order valence-corrected chi connectivity index (χ2v) is 6.96. The molecular weight excluding hydrogens is 352 g/mol. The average Bonchev–Trinajstić information content (AvgIpc) is 3.07. The summed E-state index contributed by atoms with van der Waals surface area (Å²) in [6, 6.07) is 15.8. The summed E-state index contributed by atoms with van der Waals surface area (Å²) in [5.41, 5.74) is 3.26. The molecular formula is C22H22N4O2. The van der Waals surface area contributed by atoms with Crippen molar-refractivity contribution in [2.75, 3.05) is 6.54 Å². The van der Waals surface area contributed by atoms with Gasteiger partial charge >= 0.3 is 0 Å². The van der Waals surface area contributed by atoms with Crippen LogP contribution < -0.4 is 5.56 Å². The number of carbonyl (C=O) groups excluding carboxylic acids is 1. The summed E-state index contributed by atoms with van der Waals surface area (Å²) in [5, 5.41) is 6.01. The molecule has 0 atom stereocenters. The van der Waals surface area contributed by atoms with Gasteiger partial charge in [-0.05, 0) is 31.5 Å². The molecule has 0 unspecified atom stereocenters. The summed E-state index contributed by atoms with van der Waals surface area (Å²) in [6.45, 7) is 4.94. The Hall–Kier alpha value is -3.41. The number of hydrogen-bond acceptors (Lipinski definition) is 3. The van der Waals surface area contributed by atoms with E-state index in [1.165, 1.54) is 4.68 Å². The SMILES string of the molecule is CCN(Cc1ccccc1)C(=O)Cn1ncc2c([nH]c3ccc(C)cc32)c1=O. The van der Waals surface area contributed by atoms with Gasteiger partial charge in [-0.25, -0.2) is 4.68 Å². The van der Waals surface area contributed by atoms with Gasteiger partial charge < -0.3 is 9.88 Å². The molecule has 4 aromatic rings. The predicted octanol–water partition coefficient (Wildman–Crippen LogP) is 3.23. The Labute approximate surface area is 162 Å². The summed E-state index contributed by atoms with van der Waals surface area (Å²) >= 11 is 0. The lowest BCUT2D eigenvalue weighted by molar-refractivity contribution is -0.132. The molecule has 0 fully saturated rings. The molecule has 1 amide bonds. The van der Waals surface area contributed by atoms with Crippen molar-refractivity contribution in [2.24, 2.45) is 0 Å². The molecule has 6 heteroatoms. The fraction of sp³-hybridized carbons (Fsp3) is 0.227. The van der Waals surface area contributed by atoms with Crippen LogP contribution in [-0.4, -0.2) is 32.1 Å². The maximum atomic E-state index is 12.9. The van der Waals surface area contributed by atoms with Gasteiger partial charge in [-0.2, -0.15) is 5.10 Å². The summed E-state index contributed by atoms with van der Waals surface area (Å²) in [5.74, 6) is -0.132. The average molecular weight is 374 g/mol. The van der Waals surface area contributed by atoms with Crippen molar-refractivity contribution >= 4 is 27.7 Å². The van der Waals surface area contributed by atoms with Crippen molar-refractivity contribution in [1.29, 1.82) is 0 Å². The fourth-order valence-electron chi connectivity index (χ4n) is 3.46. The van der Waals surface area contributed by atoms with Crippen LogP contribution in [0, 0.1) is 6.92 Å². The molecule has 0 radical (unpaired) electrons. The van der Waals surface area contributed by atoms with Crippen LogP contribution in [0.15, 0.2) is 59.5 Å². The number of aryl methyl sites for hydroxylation is 1. The largest absolute Gasteiger partial charge is 0.350 e. The monoisotopic (exact) mass is 374 g/mol. The van der Waals surface area contributed by atoms with Crippen molar-refractivity contribution in [2.45, 2.75) is 26.9 Å². The van der Waals surface area contributed by atoms with Crippen LogP contribution >= 0.6 is 0 Å². The van der Waals surface area contributed by atoms with Crippen molar-refractivity contribution in [1.82, 2.24) is 19.7 Å². The van der Waals surface area contributed by atoms with Crippen molar-refractivity contribution < 1.29 is 4.79 Å². The van der Waals surface area contributed by atoms with Crippen LogP contribution in [0.1, 0.15) is 18.1 Å². The molecule has 2 aromatic heterocycles. The van der Waals surface area contributed by atoms with E-state index in [0.717, 1.165) is 27.4 Å². The number of hydrogen-bond donors (Lipinski definition) is 1. The standard InChI is InChI=1S/C22H22N4O2/c1-3-25(13-16-7-5-4-6-8-16)20(27)14-26-22(28)21-18(12-23-26)17-11-15(2)9-10-19(17)24-21/h4-12,24H,3,13-14H2,1-2H3. The molecule has 28 heavy (non-hydrogen) atoms. The minimum Gasteiger partial charge on any atom is -0.350 e. The van der Waals surface area contributed by atoms with Crippen molar-refractivity contribution in [3.8, 4) is 0 Å². The first kappa shape index (κ1) is 18.0. The molecule has 0 saturated carbocycles. The van der Waals surface area contributed by atoms with Crippen molar-refractivity contribution in [3.63, 3.8) is 0 Å². The van der Waals surface area contributed by atoms with Gasteiger partial charge in [0.15, 0.2) is 0 Å². The highest BCUT2D eigenvalue weighted by Crippen LogP contribution is 2.23. The summed E-state index contributed by atoms with van der Waals surface area (Å²) in [7, 11) is 0. The molecule has 1 N–H and O–H groups in total. The van der Waals surface area contributed by atoms with Crippen LogP contribution in [-0.2, 0) is 17.9 Å². The Bertz CT molecular complexity index is 1210. The van der Waals surface area contributed by atoms with E-state index in [1.54, 1.807) is 11.1 Å². The number of fused-ring (bicyclic) bond motifs is 3. The zero-order valence-corrected chi connectivity index (χ0v) is 16.0. The van der Waals surface area contributed by atoms with E-state index < -0.39 is 0 Å². The zero-order valence-electron chi connectivity index (χ0n) is 16.0. The van der Waals surface area contributed by atoms with Gasteiger partial charge in [0.25, 0.3) is 5.56 Å². The molecule has 2 aromatic carbocycles. The van der Waals surface area contributed by atoms with Gasteiger partial charge in [0.05, 0.1) is 6.20 Å². The summed E-state index contributed by atoms with van der Waals surface area (Å²) in [6.07, 6.45) is 1.66. The summed E-state index contributed by atoms with van der Waals surface area (Å²) < 4.78 is 1.24. The number of benzene rings is 2. The molecule has 0 saturated heterocycles. The van der Waals surface area contributed by atoms with Crippen LogP contribution in [0.25, 0.3) is 21.8 Å². The first-order chi connectivity index (χ1) is 13.6. The number of nitrogens with zero attached hydrogens (tertiary/aromatic N) is 3. The van der Waals surface area contributed by atoms with E-state index in [1.807, 2.05) is 62.4 Å². The summed E-state index contributed by atoms with van der Waals surface area (Å²) in [4.78, 5) is 30.6. The van der Waals surface area contributed by atoms with Crippen LogP contribution in [0.2, 0.25) is 0 Å². The normalized spacial score (nSPS) is 11.2. The van der Waals surface area contributed by atoms with Crippen molar-refractivity contribution in [3.05, 3.63) is 76.2 Å². The Morgan fingerprint density at radius 1 is 1.14 bits per heavy atom. The second-order valence-electron chi connectivity index (χ2n) is 6.96. The first-order valence-corrected chi connectivity index (χ1v) is 9.36. The quantitative estimate of drug-likeness (QED) is 0.583. The highest BCUT2D eigenvalue weighted by molar-refractivity contribution is 6.06. The highest BCUT2D eigenvalue weighted by Gasteiger charge is 2.16. The number of amides is 1. The third kappa shape index (κ3) is 3.29. The van der Waals surface area contributed by atoms with E-state index in [-0.39, 0.29) is 18.0 Å². The molecule has 142 valence electrons. The first-order valence-electron chi connectivity index (χ1n) is 9.36. The van der Waals surface area contributed by atoms with E-state index in [4.69, 9.17) is 0 Å². The van der Waals surface area contributed by atoms with Gasteiger partial charge in [0, 0.05) is 29.4 Å². The molecule has 2 heterocycles. The maximum absolute atomic E-state index is 12.9. The Kier molecular flexibility index (Phi) is 4.69. The molecule has 6 nitrogen and oxygen atoms in total. The number of nitrogens with one attached hydrogen (secondary N) is 1. The fourth-order valence-corrected chi connectivity index (χ4v) is 3.46. The van der Waals surface area contributed by atoms with E-state index in [9.17, 15) is 9.59 Å². The van der Waals surface area contributed by atoms with E-state index in [2.05, 4.69) is 10.1 Å². The molecule has 0 bridgehead atoms. The molecule has 0 spiro atoms. The third-order valence-electron chi connectivity index (χ3n) is 5.00. The van der Waals surface area contributed by atoms with Gasteiger partial charge in [0.1, 0.15) is 12.1 Å². The predicted molar refractivity (Wildman–Crippen MR) is 110 cm³/mol. The molecule has 4 rings (SSSR count). The molecule has 0 aliphatic carbocycles. The Morgan fingerprint density at radius 2 is 1.93 bits per heavy atom. The third-order valence-corrected chi connectivity index (χ3v) is 5.00. The van der Waals surface area contributed by atoms with Gasteiger partial charge in [0.2, 0.25) is 5.91 Å². The molecule has 0 aliphatic rings. The van der Waals surface area contributed by atoms with Crippen LogP contribution in [0.4, 0.5) is 0 Å². The molecule has 0 aliphatic heterocycles. The van der Waals surface area contributed by atoms with Gasteiger partial charge in [-0.1, -0.05) is 42.0 Å². The lowest BCUT2D eigenvalue weighted by Crippen LogP contribution is -2.37. The number of aromatic nitrogens is 3. The smallest absolute Gasteiger partial charge is 0.291 e. The number of carbonyl (C=O) groups is 1. The minimum absolute atomic E-state index is 0.0795. The number of H-pyrrole nitrogens is 1. The Balaban J connectivity index is 1.63. The van der Waals surface area contributed by atoms with Gasteiger partial charge in [-0.3, -0.25) is 9.59 Å². The zero-order chi connectivity index (χ0) is 19.7. The van der Waals surface area contributed by atoms with Gasteiger partial charge in [-0.15, -0.1) is 0 Å². The van der Waals surface area contributed by atoms with Crippen LogP contribution in [0.5, 0.6) is 0 Å². The van der Waals surface area contributed by atoms with E-state index in [0.29, 0.717) is 18.6 Å². The second kappa shape index (κ2) is 7.31. The topological polar surface area (TPSA) is 71.0 Å². The lowest BCUT2D eigenvalue weighted by atomic mass is 10.1. The number of likely N-dealkylation sites (N-methyl/N-ethyl adjacent to an activating group) is 1. The van der Waals surface area contributed by atoms with Crippen LogP contribution in [0.3, 0.4) is 0 Å². The maximum Gasteiger partial charge on any atom is 0.291 e.